The molecule has 1 heterocycles. The number of ether oxygens (including phenoxy) is 2. The van der Waals surface area contributed by atoms with Crippen LogP contribution in [0.25, 0.3) is 0 Å². The van der Waals surface area contributed by atoms with Gasteiger partial charge in [0.2, 0.25) is 0 Å². The average molecular weight is 307 g/mol. The number of esters is 1. The van der Waals surface area contributed by atoms with Crippen LogP contribution < -0.4 is 0 Å². The first kappa shape index (κ1) is 16.6. The van der Waals surface area contributed by atoms with Crippen LogP contribution in [0.1, 0.15) is 46.5 Å². The van der Waals surface area contributed by atoms with Crippen LogP contribution in [0.5, 0.6) is 0 Å². The molecule has 2 rings (SSSR count). The Labute approximate surface area is 131 Å². The minimum atomic E-state index is -0.479. The van der Waals surface area contributed by atoms with Crippen molar-refractivity contribution in [3.05, 3.63) is 22.8 Å². The molecule has 0 aromatic rings. The summed E-state index contributed by atoms with van der Waals surface area (Å²) < 4.78 is 10.2. The van der Waals surface area contributed by atoms with E-state index in [4.69, 9.17) is 9.47 Å². The van der Waals surface area contributed by atoms with Gasteiger partial charge in [0.1, 0.15) is 5.60 Å². The van der Waals surface area contributed by atoms with Crippen molar-refractivity contribution in [1.29, 1.82) is 0 Å². The van der Waals surface area contributed by atoms with Gasteiger partial charge < -0.3 is 14.4 Å². The molecule has 0 saturated carbocycles. The van der Waals surface area contributed by atoms with Crippen molar-refractivity contribution in [2.75, 3.05) is 20.2 Å². The fourth-order valence-corrected chi connectivity index (χ4v) is 2.88. The molecule has 0 saturated heterocycles. The highest BCUT2D eigenvalue weighted by Gasteiger charge is 2.28. The highest BCUT2D eigenvalue weighted by atomic mass is 16.6. The van der Waals surface area contributed by atoms with Gasteiger partial charge in [-0.15, -0.1) is 0 Å². The Bertz CT molecular complexity index is 525. The number of carbonyl (C=O) groups excluding carboxylic acids is 2. The molecule has 0 aromatic carbocycles. The SMILES string of the molecule is COC(=O)C1=C(C2=CCN(C(=O)OC(C)(C)C)CC2)CCC1. The number of hydrogen-bond acceptors (Lipinski definition) is 4. The summed E-state index contributed by atoms with van der Waals surface area (Å²) in [6.07, 6.45) is 5.22. The molecule has 5 nitrogen and oxygen atoms in total. The van der Waals surface area contributed by atoms with Crippen LogP contribution in [-0.2, 0) is 14.3 Å². The van der Waals surface area contributed by atoms with E-state index >= 15 is 0 Å². The molecule has 1 amide bonds. The van der Waals surface area contributed by atoms with Gasteiger partial charge in [0, 0.05) is 18.7 Å². The third-order valence-electron chi connectivity index (χ3n) is 3.90. The monoisotopic (exact) mass is 307 g/mol. The summed E-state index contributed by atoms with van der Waals surface area (Å²) in [7, 11) is 1.42. The van der Waals surface area contributed by atoms with Crippen molar-refractivity contribution in [1.82, 2.24) is 4.90 Å². The zero-order chi connectivity index (χ0) is 16.3. The number of methoxy groups -OCH3 is 1. The maximum atomic E-state index is 12.0. The second-order valence-electron chi connectivity index (χ2n) is 6.71. The van der Waals surface area contributed by atoms with E-state index in [9.17, 15) is 9.59 Å². The van der Waals surface area contributed by atoms with Gasteiger partial charge in [0.05, 0.1) is 7.11 Å². The molecule has 0 spiro atoms. The van der Waals surface area contributed by atoms with Crippen molar-refractivity contribution >= 4 is 12.1 Å². The van der Waals surface area contributed by atoms with Crippen LogP contribution in [0.4, 0.5) is 4.79 Å². The van der Waals surface area contributed by atoms with Crippen molar-refractivity contribution < 1.29 is 19.1 Å². The lowest BCUT2D eigenvalue weighted by molar-refractivity contribution is -0.136. The predicted octanol–water partition coefficient (Wildman–Crippen LogP) is 3.21. The minimum absolute atomic E-state index is 0.219. The lowest BCUT2D eigenvalue weighted by Gasteiger charge is -2.30. The summed E-state index contributed by atoms with van der Waals surface area (Å²) >= 11 is 0. The van der Waals surface area contributed by atoms with E-state index in [-0.39, 0.29) is 12.1 Å². The van der Waals surface area contributed by atoms with Crippen LogP contribution in [0.15, 0.2) is 22.8 Å². The van der Waals surface area contributed by atoms with Crippen molar-refractivity contribution in [2.24, 2.45) is 0 Å². The second kappa shape index (κ2) is 6.55. The summed E-state index contributed by atoms with van der Waals surface area (Å²) in [5.41, 5.74) is 2.63. The van der Waals surface area contributed by atoms with Gasteiger partial charge in [-0.3, -0.25) is 0 Å². The van der Waals surface area contributed by atoms with E-state index in [1.54, 1.807) is 4.90 Å². The standard InChI is InChI=1S/C17H25NO4/c1-17(2,3)22-16(20)18-10-8-12(9-11-18)13-6-5-7-14(13)15(19)21-4/h8H,5-7,9-11H2,1-4H3. The molecule has 0 aromatic heterocycles. The van der Waals surface area contributed by atoms with Crippen molar-refractivity contribution in [3.8, 4) is 0 Å². The fraction of sp³-hybridized carbons (Fsp3) is 0.647. The topological polar surface area (TPSA) is 55.8 Å². The predicted molar refractivity (Wildman–Crippen MR) is 83.4 cm³/mol. The summed E-state index contributed by atoms with van der Waals surface area (Å²) in [4.78, 5) is 25.5. The molecular formula is C17H25NO4. The Morgan fingerprint density at radius 3 is 2.45 bits per heavy atom. The second-order valence-corrected chi connectivity index (χ2v) is 6.71. The van der Waals surface area contributed by atoms with E-state index in [1.807, 2.05) is 26.8 Å². The van der Waals surface area contributed by atoms with Gasteiger partial charge in [-0.25, -0.2) is 9.59 Å². The number of hydrogen-bond donors (Lipinski definition) is 0. The van der Waals surface area contributed by atoms with Gasteiger partial charge in [0.25, 0.3) is 0 Å². The lowest BCUT2D eigenvalue weighted by atomic mass is 9.96. The molecule has 122 valence electrons. The van der Waals surface area contributed by atoms with Crippen molar-refractivity contribution in [3.63, 3.8) is 0 Å². The molecule has 0 N–H and O–H groups in total. The van der Waals surface area contributed by atoms with E-state index in [0.29, 0.717) is 13.1 Å². The first-order valence-electron chi connectivity index (χ1n) is 7.79. The summed E-state index contributed by atoms with van der Waals surface area (Å²) in [6, 6.07) is 0. The van der Waals surface area contributed by atoms with E-state index in [2.05, 4.69) is 0 Å². The van der Waals surface area contributed by atoms with E-state index < -0.39 is 5.60 Å². The maximum absolute atomic E-state index is 12.0. The molecule has 0 radical (unpaired) electrons. The van der Waals surface area contributed by atoms with E-state index in [1.165, 1.54) is 12.7 Å². The number of rotatable bonds is 2. The normalized spacial score (nSPS) is 19.1. The highest BCUT2D eigenvalue weighted by Crippen LogP contribution is 2.34. The van der Waals surface area contributed by atoms with Crippen LogP contribution in [0.3, 0.4) is 0 Å². The van der Waals surface area contributed by atoms with Crippen molar-refractivity contribution in [2.45, 2.75) is 52.1 Å². The highest BCUT2D eigenvalue weighted by molar-refractivity contribution is 5.90. The van der Waals surface area contributed by atoms with Gasteiger partial charge in [-0.05, 0) is 57.6 Å². The quantitative estimate of drug-likeness (QED) is 0.735. The first-order chi connectivity index (χ1) is 10.3. The molecule has 1 aliphatic carbocycles. The zero-order valence-corrected chi connectivity index (χ0v) is 13.9. The van der Waals surface area contributed by atoms with Gasteiger partial charge in [0.15, 0.2) is 0 Å². The molecule has 0 atom stereocenters. The molecule has 5 heteroatoms. The third kappa shape index (κ3) is 3.90. The smallest absolute Gasteiger partial charge is 0.410 e. The lowest BCUT2D eigenvalue weighted by Crippen LogP contribution is -2.39. The molecule has 2 aliphatic rings. The molecule has 22 heavy (non-hydrogen) atoms. The van der Waals surface area contributed by atoms with Crippen LogP contribution >= 0.6 is 0 Å². The van der Waals surface area contributed by atoms with Crippen LogP contribution in [-0.4, -0.2) is 42.8 Å². The Kier molecular flexibility index (Phi) is 4.94. The van der Waals surface area contributed by atoms with Crippen LogP contribution in [0, 0.1) is 0 Å². The Morgan fingerprint density at radius 1 is 1.18 bits per heavy atom. The summed E-state index contributed by atoms with van der Waals surface area (Å²) in [5, 5.41) is 0. The molecule has 0 bridgehead atoms. The number of nitrogens with zero attached hydrogens (tertiary/aromatic N) is 1. The molecule has 0 unspecified atom stereocenters. The summed E-state index contributed by atoms with van der Waals surface area (Å²) in [5.74, 6) is -0.219. The van der Waals surface area contributed by atoms with E-state index in [0.717, 1.165) is 36.8 Å². The zero-order valence-electron chi connectivity index (χ0n) is 13.9. The molecule has 1 aliphatic heterocycles. The largest absolute Gasteiger partial charge is 0.466 e. The number of amides is 1. The van der Waals surface area contributed by atoms with Gasteiger partial charge >= 0.3 is 12.1 Å². The maximum Gasteiger partial charge on any atom is 0.410 e. The van der Waals surface area contributed by atoms with Crippen LogP contribution in [0.2, 0.25) is 0 Å². The molecule has 0 fully saturated rings. The number of allylic oxidation sites excluding steroid dienone is 1. The van der Waals surface area contributed by atoms with Gasteiger partial charge in [-0.1, -0.05) is 6.08 Å². The summed E-state index contributed by atoms with van der Waals surface area (Å²) in [6.45, 7) is 6.74. The Balaban J connectivity index is 2.05. The minimum Gasteiger partial charge on any atom is -0.466 e. The first-order valence-corrected chi connectivity index (χ1v) is 7.79. The fourth-order valence-electron chi connectivity index (χ4n) is 2.88. The third-order valence-corrected chi connectivity index (χ3v) is 3.90. The van der Waals surface area contributed by atoms with Gasteiger partial charge in [-0.2, -0.15) is 0 Å². The average Bonchev–Trinajstić information content (AvgIpc) is 2.94. The number of carbonyl (C=O) groups is 2. The Morgan fingerprint density at radius 2 is 1.91 bits per heavy atom. The Hall–Kier alpha value is -1.78. The molecular weight excluding hydrogens is 282 g/mol.